The Morgan fingerprint density at radius 3 is 2.48 bits per heavy atom. The fourth-order valence-electron chi connectivity index (χ4n) is 4.72. The monoisotopic (exact) mass is 438 g/mol. The van der Waals surface area contributed by atoms with E-state index in [0.717, 1.165) is 11.3 Å². The van der Waals surface area contributed by atoms with Crippen molar-refractivity contribution in [3.05, 3.63) is 69.8 Å². The fraction of sp³-hybridized carbons (Fsp3) is 0.318. The van der Waals surface area contributed by atoms with Crippen LogP contribution in [0.15, 0.2) is 48.5 Å². The molecule has 4 rings (SSSR count). The van der Waals surface area contributed by atoms with Crippen LogP contribution in [0.1, 0.15) is 31.0 Å². The number of amides is 2. The van der Waals surface area contributed by atoms with Gasteiger partial charge in [0.05, 0.1) is 11.0 Å². The molecule has 1 saturated heterocycles. The lowest BCUT2D eigenvalue weighted by atomic mass is 9.66. The van der Waals surface area contributed by atoms with Crippen LogP contribution in [0.3, 0.4) is 0 Å². The van der Waals surface area contributed by atoms with Gasteiger partial charge in [0, 0.05) is 37.3 Å². The van der Waals surface area contributed by atoms with Gasteiger partial charge in [-0.3, -0.25) is 24.6 Å². The van der Waals surface area contributed by atoms with Gasteiger partial charge in [-0.25, -0.2) is 0 Å². The van der Waals surface area contributed by atoms with E-state index < -0.39 is 28.2 Å². The Labute approximate surface area is 185 Å². The minimum Gasteiger partial charge on any atom is -0.366 e. The highest BCUT2D eigenvalue weighted by atomic mass is 32.1. The quantitative estimate of drug-likeness (QED) is 0.343. The number of carbonyl (C=O) groups excluding carboxylic acids is 2. The molecule has 31 heavy (non-hydrogen) atoms. The van der Waals surface area contributed by atoms with Crippen LogP contribution in [0.2, 0.25) is 0 Å². The molecule has 160 valence electrons. The average Bonchev–Trinajstić information content (AvgIpc) is 2.72. The molecule has 2 heterocycles. The second kappa shape index (κ2) is 7.42. The number of non-ortho nitro benzene ring substituents is 1. The standard InChI is InChI=1S/C22H22N4O4S/c1-13(2)25-20(28)22(19(27)23-21(25)31)12-15-11-16(26(29)30)9-10-17(15)24(3)18(22)14-7-5-4-6-8-14/h4-11,13,18H,12H2,1-3H3,(H,23,27,31)/t18-,22+/m1/s1. The first-order chi connectivity index (χ1) is 14.7. The van der Waals surface area contributed by atoms with E-state index in [1.54, 1.807) is 13.1 Å². The summed E-state index contributed by atoms with van der Waals surface area (Å²) in [6.07, 6.45) is 0.0322. The van der Waals surface area contributed by atoms with E-state index in [1.165, 1.54) is 17.0 Å². The first kappa shape index (κ1) is 20.9. The van der Waals surface area contributed by atoms with E-state index in [-0.39, 0.29) is 23.3 Å². The molecule has 2 amide bonds. The molecule has 0 saturated carbocycles. The Hall–Kier alpha value is -3.33. The van der Waals surface area contributed by atoms with Crippen LogP contribution in [0.4, 0.5) is 11.4 Å². The van der Waals surface area contributed by atoms with Gasteiger partial charge in [0.25, 0.3) is 5.69 Å². The summed E-state index contributed by atoms with van der Waals surface area (Å²) in [6.45, 7) is 3.66. The van der Waals surface area contributed by atoms with E-state index in [2.05, 4.69) is 5.32 Å². The molecule has 0 aromatic heterocycles. The molecule has 0 aliphatic carbocycles. The van der Waals surface area contributed by atoms with Crippen LogP contribution < -0.4 is 10.2 Å². The van der Waals surface area contributed by atoms with Crippen LogP contribution >= 0.6 is 12.2 Å². The molecule has 0 unspecified atom stereocenters. The van der Waals surface area contributed by atoms with Gasteiger partial charge < -0.3 is 10.2 Å². The smallest absolute Gasteiger partial charge is 0.269 e. The predicted molar refractivity (Wildman–Crippen MR) is 120 cm³/mol. The summed E-state index contributed by atoms with van der Waals surface area (Å²) in [4.78, 5) is 41.6. The van der Waals surface area contributed by atoms with E-state index >= 15 is 0 Å². The minimum atomic E-state index is -1.52. The number of nitrogens with one attached hydrogen (secondary N) is 1. The maximum absolute atomic E-state index is 13.9. The summed E-state index contributed by atoms with van der Waals surface area (Å²) in [5.41, 5.74) is 0.512. The molecule has 2 atom stereocenters. The van der Waals surface area contributed by atoms with Crippen LogP contribution in [0.5, 0.6) is 0 Å². The Morgan fingerprint density at radius 2 is 1.87 bits per heavy atom. The number of nitro groups is 1. The van der Waals surface area contributed by atoms with Crippen molar-refractivity contribution in [2.75, 3.05) is 11.9 Å². The predicted octanol–water partition coefficient (Wildman–Crippen LogP) is 2.97. The van der Waals surface area contributed by atoms with Crippen molar-refractivity contribution >= 4 is 40.5 Å². The van der Waals surface area contributed by atoms with Gasteiger partial charge in [-0.05, 0) is 43.3 Å². The molecule has 8 nitrogen and oxygen atoms in total. The van der Waals surface area contributed by atoms with E-state index in [9.17, 15) is 19.7 Å². The number of hydrogen-bond donors (Lipinski definition) is 1. The molecular weight excluding hydrogens is 416 g/mol. The zero-order chi connectivity index (χ0) is 22.5. The largest absolute Gasteiger partial charge is 0.366 e. The van der Waals surface area contributed by atoms with Gasteiger partial charge in [0.1, 0.15) is 0 Å². The third-order valence-corrected chi connectivity index (χ3v) is 6.35. The lowest BCUT2D eigenvalue weighted by Crippen LogP contribution is -2.70. The third-order valence-electron chi connectivity index (χ3n) is 6.05. The normalized spacial score (nSPS) is 23.2. The van der Waals surface area contributed by atoms with Crippen molar-refractivity contribution in [3.63, 3.8) is 0 Å². The summed E-state index contributed by atoms with van der Waals surface area (Å²) in [5.74, 6) is -0.883. The molecule has 2 aliphatic rings. The summed E-state index contributed by atoms with van der Waals surface area (Å²) in [6, 6.07) is 13.0. The lowest BCUT2D eigenvalue weighted by Gasteiger charge is -2.52. The zero-order valence-electron chi connectivity index (χ0n) is 17.4. The molecule has 1 spiro atoms. The average molecular weight is 439 g/mol. The van der Waals surface area contributed by atoms with E-state index in [0.29, 0.717) is 5.56 Å². The topological polar surface area (TPSA) is 95.8 Å². The Kier molecular flexibility index (Phi) is 5.01. The number of fused-ring (bicyclic) bond motifs is 1. The molecule has 1 fully saturated rings. The van der Waals surface area contributed by atoms with Gasteiger partial charge in [-0.15, -0.1) is 0 Å². The summed E-state index contributed by atoms with van der Waals surface area (Å²) in [5, 5.41) is 14.2. The molecule has 0 bridgehead atoms. The molecule has 2 aliphatic heterocycles. The maximum atomic E-state index is 13.9. The number of thiocarbonyl (C=S) groups is 1. The molecule has 0 radical (unpaired) electrons. The van der Waals surface area contributed by atoms with Crippen molar-refractivity contribution in [3.8, 4) is 0 Å². The molecule has 1 N–H and O–H groups in total. The van der Waals surface area contributed by atoms with Crippen molar-refractivity contribution in [1.29, 1.82) is 0 Å². The van der Waals surface area contributed by atoms with Crippen LogP contribution in [-0.2, 0) is 16.0 Å². The highest BCUT2D eigenvalue weighted by Gasteiger charge is 2.61. The van der Waals surface area contributed by atoms with Crippen molar-refractivity contribution in [2.45, 2.75) is 32.4 Å². The summed E-state index contributed by atoms with van der Waals surface area (Å²) < 4.78 is 0. The van der Waals surface area contributed by atoms with Gasteiger partial charge in [0.15, 0.2) is 10.5 Å². The van der Waals surface area contributed by atoms with E-state index in [4.69, 9.17) is 12.2 Å². The van der Waals surface area contributed by atoms with Gasteiger partial charge in [0.2, 0.25) is 11.8 Å². The SMILES string of the molecule is CC(C)N1C(=O)[C@]2(Cc3cc([N+](=O)[O-])ccc3N(C)[C@@H]2c2ccccc2)C(=O)NC1=S. The third kappa shape index (κ3) is 3.07. The van der Waals surface area contributed by atoms with Crippen molar-refractivity contribution < 1.29 is 14.5 Å². The molecule has 9 heteroatoms. The highest BCUT2D eigenvalue weighted by Crippen LogP contribution is 2.51. The van der Waals surface area contributed by atoms with E-state index in [1.807, 2.05) is 49.1 Å². The second-order valence-corrected chi connectivity index (χ2v) is 8.56. The van der Waals surface area contributed by atoms with Gasteiger partial charge in [-0.1, -0.05) is 30.3 Å². The Balaban J connectivity index is 1.98. The number of anilines is 1. The highest BCUT2D eigenvalue weighted by molar-refractivity contribution is 7.80. The summed E-state index contributed by atoms with van der Waals surface area (Å²) >= 11 is 5.30. The number of benzene rings is 2. The first-order valence-electron chi connectivity index (χ1n) is 9.92. The fourth-order valence-corrected chi connectivity index (χ4v) is 5.11. The van der Waals surface area contributed by atoms with Crippen molar-refractivity contribution in [2.24, 2.45) is 5.41 Å². The van der Waals surface area contributed by atoms with Gasteiger partial charge >= 0.3 is 0 Å². The van der Waals surface area contributed by atoms with Crippen LogP contribution in [0, 0.1) is 15.5 Å². The van der Waals surface area contributed by atoms with Crippen LogP contribution in [0.25, 0.3) is 0 Å². The number of hydrogen-bond acceptors (Lipinski definition) is 6. The number of nitrogens with zero attached hydrogens (tertiary/aromatic N) is 3. The molecular formula is C22H22N4O4S. The zero-order valence-corrected chi connectivity index (χ0v) is 18.2. The number of rotatable bonds is 3. The lowest BCUT2D eigenvalue weighted by molar-refractivity contribution is -0.384. The van der Waals surface area contributed by atoms with Crippen molar-refractivity contribution in [1.82, 2.24) is 10.2 Å². The number of carbonyl (C=O) groups is 2. The Bertz CT molecular complexity index is 1100. The van der Waals surface area contributed by atoms with Gasteiger partial charge in [-0.2, -0.15) is 0 Å². The molecule has 2 aromatic carbocycles. The maximum Gasteiger partial charge on any atom is 0.269 e. The van der Waals surface area contributed by atoms with Crippen LogP contribution in [-0.4, -0.2) is 39.8 Å². The molecule has 2 aromatic rings. The summed E-state index contributed by atoms with van der Waals surface area (Å²) in [7, 11) is 1.80. The Morgan fingerprint density at radius 1 is 1.19 bits per heavy atom. The number of nitro benzene ring substituents is 1. The minimum absolute atomic E-state index is 0.0322. The second-order valence-electron chi connectivity index (χ2n) is 8.17. The first-order valence-corrected chi connectivity index (χ1v) is 10.3.